The fourth-order valence-electron chi connectivity index (χ4n) is 2.85. The molecule has 1 aliphatic carbocycles. The fraction of sp³-hybridized carbons (Fsp3) is 0.500. The molecule has 118 valence electrons. The Morgan fingerprint density at radius 3 is 2.73 bits per heavy atom. The van der Waals surface area contributed by atoms with Crippen molar-refractivity contribution < 1.29 is 9.21 Å². The number of nitrogens with one attached hydrogen (secondary N) is 1. The SMILES string of the molecule is CN(C)c1nc2cc(NC(=O)C3(N)CCCCC3)ccc2o1. The van der Waals surface area contributed by atoms with Crippen LogP contribution in [0.5, 0.6) is 0 Å². The highest BCUT2D eigenvalue weighted by atomic mass is 16.4. The zero-order valence-corrected chi connectivity index (χ0v) is 13.1. The summed E-state index contributed by atoms with van der Waals surface area (Å²) in [6.45, 7) is 0. The molecule has 1 fully saturated rings. The van der Waals surface area contributed by atoms with Gasteiger partial charge in [-0.3, -0.25) is 4.79 Å². The first-order valence-electron chi connectivity index (χ1n) is 7.66. The van der Waals surface area contributed by atoms with Crippen LogP contribution in [0.2, 0.25) is 0 Å². The van der Waals surface area contributed by atoms with E-state index < -0.39 is 5.54 Å². The highest BCUT2D eigenvalue weighted by molar-refractivity contribution is 5.99. The molecule has 1 heterocycles. The molecular formula is C16H22N4O2. The van der Waals surface area contributed by atoms with Crippen LogP contribution in [0.25, 0.3) is 11.1 Å². The average molecular weight is 302 g/mol. The third kappa shape index (κ3) is 2.78. The van der Waals surface area contributed by atoms with Crippen LogP contribution in [-0.2, 0) is 4.79 Å². The Bertz CT molecular complexity index is 687. The largest absolute Gasteiger partial charge is 0.423 e. The lowest BCUT2D eigenvalue weighted by Gasteiger charge is -2.31. The number of carbonyl (C=O) groups is 1. The quantitative estimate of drug-likeness (QED) is 0.910. The molecule has 0 radical (unpaired) electrons. The van der Waals surface area contributed by atoms with E-state index in [0.717, 1.165) is 37.6 Å². The van der Waals surface area contributed by atoms with Crippen LogP contribution in [0, 0.1) is 0 Å². The molecule has 0 aliphatic heterocycles. The average Bonchev–Trinajstić information content (AvgIpc) is 2.91. The number of nitrogens with zero attached hydrogens (tertiary/aromatic N) is 2. The summed E-state index contributed by atoms with van der Waals surface area (Å²) in [5.41, 5.74) is 7.63. The highest BCUT2D eigenvalue weighted by Crippen LogP contribution is 2.28. The summed E-state index contributed by atoms with van der Waals surface area (Å²) in [5, 5.41) is 2.92. The van der Waals surface area contributed by atoms with E-state index in [-0.39, 0.29) is 5.91 Å². The van der Waals surface area contributed by atoms with Gasteiger partial charge in [0.25, 0.3) is 6.01 Å². The van der Waals surface area contributed by atoms with Gasteiger partial charge in [0.05, 0.1) is 5.54 Å². The number of benzene rings is 1. The van der Waals surface area contributed by atoms with E-state index in [9.17, 15) is 4.79 Å². The van der Waals surface area contributed by atoms with E-state index in [2.05, 4.69) is 10.3 Å². The molecule has 1 aromatic heterocycles. The zero-order chi connectivity index (χ0) is 15.7. The van der Waals surface area contributed by atoms with Gasteiger partial charge in [-0.25, -0.2) is 0 Å². The molecule has 0 bridgehead atoms. The van der Waals surface area contributed by atoms with Gasteiger partial charge in [-0.2, -0.15) is 4.98 Å². The summed E-state index contributed by atoms with van der Waals surface area (Å²) in [6.07, 6.45) is 4.67. The molecule has 0 saturated heterocycles. The summed E-state index contributed by atoms with van der Waals surface area (Å²) in [7, 11) is 3.74. The number of rotatable bonds is 3. The number of nitrogens with two attached hydrogens (primary N) is 1. The van der Waals surface area contributed by atoms with E-state index in [1.165, 1.54) is 0 Å². The lowest BCUT2D eigenvalue weighted by atomic mass is 9.82. The maximum Gasteiger partial charge on any atom is 0.297 e. The van der Waals surface area contributed by atoms with Crippen molar-refractivity contribution in [2.24, 2.45) is 5.73 Å². The van der Waals surface area contributed by atoms with Gasteiger partial charge >= 0.3 is 0 Å². The second kappa shape index (κ2) is 5.61. The molecule has 22 heavy (non-hydrogen) atoms. The number of carbonyl (C=O) groups excluding carboxylic acids is 1. The normalized spacial score (nSPS) is 17.4. The topological polar surface area (TPSA) is 84.4 Å². The van der Waals surface area contributed by atoms with Gasteiger partial charge in [-0.15, -0.1) is 0 Å². The number of anilines is 2. The first-order chi connectivity index (χ1) is 10.5. The van der Waals surface area contributed by atoms with Gasteiger partial charge in [0.1, 0.15) is 5.52 Å². The minimum Gasteiger partial charge on any atom is -0.423 e. The van der Waals surface area contributed by atoms with Crippen molar-refractivity contribution in [3.63, 3.8) is 0 Å². The Labute approximate surface area is 129 Å². The number of hydrogen-bond donors (Lipinski definition) is 2. The first-order valence-corrected chi connectivity index (χ1v) is 7.66. The molecule has 1 aliphatic rings. The van der Waals surface area contributed by atoms with Crippen molar-refractivity contribution in [3.8, 4) is 0 Å². The van der Waals surface area contributed by atoms with E-state index in [1.54, 1.807) is 4.90 Å². The molecule has 0 unspecified atom stereocenters. The van der Waals surface area contributed by atoms with Crippen LogP contribution < -0.4 is 16.0 Å². The van der Waals surface area contributed by atoms with Crippen LogP contribution in [0.3, 0.4) is 0 Å². The minimum absolute atomic E-state index is 0.108. The van der Waals surface area contributed by atoms with Crippen LogP contribution in [0.4, 0.5) is 11.7 Å². The standard InChI is InChI=1S/C16H22N4O2/c1-20(2)15-19-12-10-11(6-7-13(12)22-15)18-14(21)16(17)8-4-3-5-9-16/h6-7,10H,3-5,8-9,17H2,1-2H3,(H,18,21). The van der Waals surface area contributed by atoms with Crippen molar-refractivity contribution >= 4 is 28.7 Å². The van der Waals surface area contributed by atoms with E-state index >= 15 is 0 Å². The number of aromatic nitrogens is 1. The van der Waals surface area contributed by atoms with Gasteiger partial charge in [-0.1, -0.05) is 19.3 Å². The molecule has 6 nitrogen and oxygen atoms in total. The number of fused-ring (bicyclic) bond motifs is 1. The van der Waals surface area contributed by atoms with Gasteiger partial charge in [-0.05, 0) is 31.0 Å². The highest BCUT2D eigenvalue weighted by Gasteiger charge is 2.35. The van der Waals surface area contributed by atoms with Crippen LogP contribution in [0.15, 0.2) is 22.6 Å². The van der Waals surface area contributed by atoms with Gasteiger partial charge in [0.2, 0.25) is 5.91 Å². The maximum absolute atomic E-state index is 12.5. The van der Waals surface area contributed by atoms with Crippen molar-refractivity contribution in [2.45, 2.75) is 37.6 Å². The molecular weight excluding hydrogens is 280 g/mol. The van der Waals surface area contributed by atoms with Crippen molar-refractivity contribution in [3.05, 3.63) is 18.2 Å². The molecule has 6 heteroatoms. The fourth-order valence-corrected chi connectivity index (χ4v) is 2.85. The van der Waals surface area contributed by atoms with Gasteiger partial charge in [0, 0.05) is 19.8 Å². The predicted molar refractivity (Wildman–Crippen MR) is 87.0 cm³/mol. The first kappa shape index (κ1) is 14.8. The van der Waals surface area contributed by atoms with Crippen molar-refractivity contribution in [1.82, 2.24) is 4.98 Å². The minimum atomic E-state index is -0.744. The van der Waals surface area contributed by atoms with Crippen molar-refractivity contribution in [2.75, 3.05) is 24.3 Å². The summed E-state index contributed by atoms with van der Waals surface area (Å²) in [6, 6.07) is 5.99. The molecule has 1 amide bonds. The molecule has 1 saturated carbocycles. The molecule has 0 spiro atoms. The van der Waals surface area contributed by atoms with Gasteiger partial charge in [0.15, 0.2) is 5.58 Å². The molecule has 2 aromatic rings. The van der Waals surface area contributed by atoms with Crippen LogP contribution in [0.1, 0.15) is 32.1 Å². The second-order valence-corrected chi connectivity index (χ2v) is 6.24. The molecule has 1 aromatic carbocycles. The van der Waals surface area contributed by atoms with Crippen LogP contribution in [-0.4, -0.2) is 30.5 Å². The Morgan fingerprint density at radius 2 is 2.05 bits per heavy atom. The summed E-state index contributed by atoms with van der Waals surface area (Å²) >= 11 is 0. The number of oxazole rings is 1. The Morgan fingerprint density at radius 1 is 1.32 bits per heavy atom. The Hall–Kier alpha value is -2.08. The Kier molecular flexibility index (Phi) is 3.78. The third-order valence-corrected chi connectivity index (χ3v) is 4.21. The molecule has 3 N–H and O–H groups in total. The second-order valence-electron chi connectivity index (χ2n) is 6.24. The number of amides is 1. The van der Waals surface area contributed by atoms with Crippen LogP contribution >= 0.6 is 0 Å². The lowest BCUT2D eigenvalue weighted by molar-refractivity contribution is -0.122. The van der Waals surface area contributed by atoms with E-state index in [1.807, 2.05) is 32.3 Å². The summed E-state index contributed by atoms with van der Waals surface area (Å²) in [5.74, 6) is -0.108. The predicted octanol–water partition coefficient (Wildman–Crippen LogP) is 2.49. The lowest BCUT2D eigenvalue weighted by Crippen LogP contribution is -2.52. The smallest absolute Gasteiger partial charge is 0.297 e. The molecule has 0 atom stereocenters. The zero-order valence-electron chi connectivity index (χ0n) is 13.1. The number of hydrogen-bond acceptors (Lipinski definition) is 5. The van der Waals surface area contributed by atoms with E-state index in [0.29, 0.717) is 17.3 Å². The molecule has 3 rings (SSSR count). The van der Waals surface area contributed by atoms with E-state index in [4.69, 9.17) is 10.2 Å². The maximum atomic E-state index is 12.5. The third-order valence-electron chi connectivity index (χ3n) is 4.21. The Balaban J connectivity index is 1.80. The van der Waals surface area contributed by atoms with Gasteiger partial charge < -0.3 is 20.4 Å². The summed E-state index contributed by atoms with van der Waals surface area (Å²) in [4.78, 5) is 18.6. The monoisotopic (exact) mass is 302 g/mol. The van der Waals surface area contributed by atoms with Crippen molar-refractivity contribution in [1.29, 1.82) is 0 Å². The summed E-state index contributed by atoms with van der Waals surface area (Å²) < 4.78 is 5.60.